The molecule has 0 radical (unpaired) electrons. The van der Waals surface area contributed by atoms with Crippen LogP contribution in [0, 0.1) is 5.82 Å². The molecule has 3 rings (SSSR count). The molecule has 0 aliphatic carbocycles. The number of amides is 3. The summed E-state index contributed by atoms with van der Waals surface area (Å²) in [6, 6.07) is 5.33. The topological polar surface area (TPSA) is 97.9 Å². The van der Waals surface area contributed by atoms with Gasteiger partial charge in [0, 0.05) is 26.3 Å². The number of ether oxygens (including phenoxy) is 1. The van der Waals surface area contributed by atoms with Gasteiger partial charge in [-0.1, -0.05) is 12.1 Å². The Balaban J connectivity index is 1.85. The van der Waals surface area contributed by atoms with Gasteiger partial charge in [0.25, 0.3) is 11.8 Å². The number of aromatic nitrogens is 1. The van der Waals surface area contributed by atoms with E-state index in [0.717, 1.165) is 0 Å². The predicted molar refractivity (Wildman–Crippen MR) is 93.4 cm³/mol. The van der Waals surface area contributed by atoms with E-state index in [4.69, 9.17) is 10.6 Å². The minimum Gasteiger partial charge on any atom is -0.493 e. The summed E-state index contributed by atoms with van der Waals surface area (Å²) in [7, 11) is 3.00. The monoisotopic (exact) mass is 374 g/mol. The summed E-state index contributed by atoms with van der Waals surface area (Å²) >= 11 is 0. The van der Waals surface area contributed by atoms with Crippen molar-refractivity contribution in [2.45, 2.75) is 13.0 Å². The molecule has 1 aliphatic heterocycles. The highest BCUT2D eigenvalue weighted by molar-refractivity contribution is 6.09. The number of imide groups is 1. The van der Waals surface area contributed by atoms with Crippen LogP contribution in [-0.2, 0) is 17.8 Å². The number of rotatable bonds is 4. The van der Waals surface area contributed by atoms with E-state index in [-0.39, 0.29) is 29.3 Å². The number of likely N-dealkylation sites (N-methyl/N-ethyl adjacent to an activating group) is 1. The molecule has 0 atom stereocenters. The molecule has 0 fully saturated rings. The first kappa shape index (κ1) is 18.6. The van der Waals surface area contributed by atoms with Crippen LogP contribution < -0.4 is 10.6 Å². The largest absolute Gasteiger partial charge is 0.493 e. The van der Waals surface area contributed by atoms with Gasteiger partial charge in [-0.05, 0) is 17.7 Å². The average Bonchev–Trinajstić information content (AvgIpc) is 3.04. The Morgan fingerprint density at radius 2 is 1.93 bits per heavy atom. The normalized spacial score (nSPS) is 13.3. The zero-order valence-electron chi connectivity index (χ0n) is 14.9. The number of nitrogens with two attached hydrogens (primary N) is 1. The maximum absolute atomic E-state index is 13.0. The highest BCUT2D eigenvalue weighted by Crippen LogP contribution is 2.30. The van der Waals surface area contributed by atoms with Gasteiger partial charge in [-0.2, -0.15) is 0 Å². The van der Waals surface area contributed by atoms with Crippen molar-refractivity contribution in [3.63, 3.8) is 0 Å². The third-order valence-corrected chi connectivity index (χ3v) is 4.45. The summed E-state index contributed by atoms with van der Waals surface area (Å²) in [5.41, 5.74) is 0.796. The molecule has 3 amide bonds. The molecule has 142 valence electrons. The quantitative estimate of drug-likeness (QED) is 0.485. The van der Waals surface area contributed by atoms with Crippen molar-refractivity contribution in [2.75, 3.05) is 20.7 Å². The Kier molecular flexibility index (Phi) is 4.95. The summed E-state index contributed by atoms with van der Waals surface area (Å²) in [5, 5.41) is 0.488. The van der Waals surface area contributed by atoms with E-state index in [9.17, 15) is 18.8 Å². The fourth-order valence-corrected chi connectivity index (χ4v) is 2.94. The number of hydrogen-bond donors (Lipinski definition) is 1. The van der Waals surface area contributed by atoms with E-state index in [0.29, 0.717) is 23.7 Å². The minimum atomic E-state index is -0.781. The van der Waals surface area contributed by atoms with Crippen LogP contribution in [0.3, 0.4) is 0 Å². The van der Waals surface area contributed by atoms with Gasteiger partial charge in [0.05, 0.1) is 13.5 Å². The van der Waals surface area contributed by atoms with Crippen LogP contribution in [0.1, 0.15) is 26.4 Å². The fraction of sp³-hybridized carbons (Fsp3) is 0.278. The molecule has 0 saturated heterocycles. The zero-order chi connectivity index (χ0) is 19.7. The molecule has 0 unspecified atom stereocenters. The highest BCUT2D eigenvalue weighted by atomic mass is 19.1. The first-order valence-corrected chi connectivity index (χ1v) is 8.22. The fourth-order valence-electron chi connectivity index (χ4n) is 2.94. The summed E-state index contributed by atoms with van der Waals surface area (Å²) in [6.45, 7) is 0.989. The number of benzene rings is 1. The van der Waals surface area contributed by atoms with Crippen LogP contribution in [0.2, 0.25) is 0 Å². The van der Waals surface area contributed by atoms with E-state index < -0.39 is 17.6 Å². The summed E-state index contributed by atoms with van der Waals surface area (Å²) < 4.78 is 19.8. The van der Waals surface area contributed by atoms with Gasteiger partial charge in [0.1, 0.15) is 11.4 Å². The summed E-state index contributed by atoms with van der Waals surface area (Å²) in [5.74, 6) is 3.65. The van der Waals surface area contributed by atoms with Crippen LogP contribution in [0.5, 0.6) is 5.75 Å². The second kappa shape index (κ2) is 7.20. The van der Waals surface area contributed by atoms with Crippen molar-refractivity contribution in [2.24, 2.45) is 5.84 Å². The Morgan fingerprint density at radius 3 is 2.56 bits per heavy atom. The highest BCUT2D eigenvalue weighted by Gasteiger charge is 2.33. The molecular formula is C18H19FN4O4. The molecule has 2 aromatic rings. The minimum absolute atomic E-state index is 0.0334. The average molecular weight is 374 g/mol. The van der Waals surface area contributed by atoms with Crippen molar-refractivity contribution in [1.29, 1.82) is 0 Å². The number of nitrogens with zero attached hydrogens (tertiary/aromatic N) is 3. The van der Waals surface area contributed by atoms with Crippen molar-refractivity contribution < 1.29 is 23.5 Å². The van der Waals surface area contributed by atoms with Crippen molar-refractivity contribution in [3.8, 4) is 5.75 Å². The van der Waals surface area contributed by atoms with Crippen LogP contribution in [0.15, 0.2) is 30.5 Å². The number of carbonyl (C=O) groups excluding carboxylic acids is 3. The number of methoxy groups -OCH3 is 1. The number of halogens is 1. The molecule has 8 nitrogen and oxygen atoms in total. The lowest BCUT2D eigenvalue weighted by Gasteiger charge is -2.24. The first-order valence-electron chi connectivity index (χ1n) is 8.22. The Bertz CT molecular complexity index is 907. The van der Waals surface area contributed by atoms with Gasteiger partial charge in [0.2, 0.25) is 5.91 Å². The molecule has 1 aromatic heterocycles. The SMILES string of the molecule is COc1c(C(=O)N(N)C(=O)Cc2ccc(F)cc2)cn2c1C(=O)N(C)CC2. The number of fused-ring (bicyclic) bond motifs is 1. The van der Waals surface area contributed by atoms with E-state index in [1.54, 1.807) is 11.6 Å². The Labute approximate surface area is 154 Å². The maximum Gasteiger partial charge on any atom is 0.280 e. The van der Waals surface area contributed by atoms with E-state index >= 15 is 0 Å². The lowest BCUT2D eigenvalue weighted by Crippen LogP contribution is -2.43. The van der Waals surface area contributed by atoms with E-state index in [2.05, 4.69) is 0 Å². The van der Waals surface area contributed by atoms with Crippen LogP contribution in [-0.4, -0.2) is 52.9 Å². The molecule has 0 spiro atoms. The molecule has 2 N–H and O–H groups in total. The smallest absolute Gasteiger partial charge is 0.280 e. The Morgan fingerprint density at radius 1 is 1.26 bits per heavy atom. The maximum atomic E-state index is 13.0. The van der Waals surface area contributed by atoms with Gasteiger partial charge < -0.3 is 14.2 Å². The molecule has 0 bridgehead atoms. The van der Waals surface area contributed by atoms with Crippen molar-refractivity contribution >= 4 is 17.7 Å². The van der Waals surface area contributed by atoms with Crippen molar-refractivity contribution in [3.05, 3.63) is 53.1 Å². The molecule has 9 heteroatoms. The second-order valence-electron chi connectivity index (χ2n) is 6.22. The van der Waals surface area contributed by atoms with Crippen LogP contribution in [0.25, 0.3) is 0 Å². The molecule has 1 aliphatic rings. The van der Waals surface area contributed by atoms with Gasteiger partial charge in [0.15, 0.2) is 11.4 Å². The van der Waals surface area contributed by atoms with Gasteiger partial charge in [-0.15, -0.1) is 0 Å². The Hall–Kier alpha value is -3.20. The zero-order valence-corrected chi connectivity index (χ0v) is 14.9. The van der Waals surface area contributed by atoms with Crippen molar-refractivity contribution in [1.82, 2.24) is 14.5 Å². The summed E-state index contributed by atoms with van der Waals surface area (Å²) in [6.07, 6.45) is 1.30. The summed E-state index contributed by atoms with van der Waals surface area (Å²) in [4.78, 5) is 38.9. The molecule has 0 saturated carbocycles. The number of hydrazine groups is 1. The third kappa shape index (κ3) is 3.41. The van der Waals surface area contributed by atoms with Gasteiger partial charge >= 0.3 is 0 Å². The van der Waals surface area contributed by atoms with E-state index in [1.165, 1.54) is 42.5 Å². The first-order chi connectivity index (χ1) is 12.8. The lowest BCUT2D eigenvalue weighted by molar-refractivity contribution is -0.128. The molecular weight excluding hydrogens is 355 g/mol. The third-order valence-electron chi connectivity index (χ3n) is 4.45. The van der Waals surface area contributed by atoms with Crippen LogP contribution in [0.4, 0.5) is 4.39 Å². The van der Waals surface area contributed by atoms with Gasteiger partial charge in [-0.25, -0.2) is 15.2 Å². The van der Waals surface area contributed by atoms with E-state index in [1.807, 2.05) is 0 Å². The van der Waals surface area contributed by atoms with Crippen LogP contribution >= 0.6 is 0 Å². The number of carbonyl (C=O) groups is 3. The molecule has 2 heterocycles. The number of hydrogen-bond acceptors (Lipinski definition) is 5. The second-order valence-corrected chi connectivity index (χ2v) is 6.22. The standard InChI is InChI=1S/C18H19FN4O4/c1-21-7-8-22-10-13(16(27-2)15(22)18(21)26)17(25)23(20)14(24)9-11-3-5-12(19)6-4-11/h3-6,10H,7-9,20H2,1-2H3. The van der Waals surface area contributed by atoms with Gasteiger partial charge in [-0.3, -0.25) is 14.4 Å². The molecule has 1 aromatic carbocycles. The molecule has 27 heavy (non-hydrogen) atoms. The lowest BCUT2D eigenvalue weighted by atomic mass is 10.1. The predicted octanol–water partition coefficient (Wildman–Crippen LogP) is 0.807.